The Bertz CT molecular complexity index is 740. The van der Waals surface area contributed by atoms with Crippen LogP contribution in [0.2, 0.25) is 5.02 Å². The van der Waals surface area contributed by atoms with Gasteiger partial charge in [0, 0.05) is 21.7 Å². The van der Waals surface area contributed by atoms with Gasteiger partial charge in [-0.25, -0.2) is 0 Å². The van der Waals surface area contributed by atoms with E-state index in [1.165, 1.54) is 5.56 Å². The number of likely N-dealkylation sites (N-methyl/N-ethyl adjacent to an activating group) is 1. The normalized spacial score (nSPS) is 16.6. The molecule has 0 amide bonds. The van der Waals surface area contributed by atoms with E-state index in [9.17, 15) is 0 Å². The van der Waals surface area contributed by atoms with Crippen molar-refractivity contribution in [3.05, 3.63) is 47.0 Å². The molecule has 0 bridgehead atoms. The maximum absolute atomic E-state index is 6.45. The van der Waals surface area contributed by atoms with Crippen LogP contribution >= 0.6 is 11.6 Å². The highest BCUT2D eigenvalue weighted by molar-refractivity contribution is 6.33. The van der Waals surface area contributed by atoms with Crippen LogP contribution in [0.1, 0.15) is 19.4 Å². The van der Waals surface area contributed by atoms with Crippen LogP contribution in [-0.4, -0.2) is 38.0 Å². The molecule has 0 radical (unpaired) electrons. The van der Waals surface area contributed by atoms with Gasteiger partial charge in [0.05, 0.1) is 33.7 Å². The minimum atomic E-state index is 0.128. The van der Waals surface area contributed by atoms with Crippen molar-refractivity contribution in [2.45, 2.75) is 26.5 Å². The summed E-state index contributed by atoms with van der Waals surface area (Å²) in [6, 6.07) is 12.0. The number of fused-ring (bicyclic) bond motifs is 1. The standard InChI is InChI=1S/C20H25ClNO2/c1-5-22(3,6-2)19-12-14-11-15(23-4)13-17(20(14)24-19)16-9-7-8-10-18(16)21/h7-11,13,19H,5-6,12H2,1-4H3/q+1. The minimum absolute atomic E-state index is 0.128. The van der Waals surface area contributed by atoms with E-state index in [-0.39, 0.29) is 6.23 Å². The fourth-order valence-electron chi connectivity index (χ4n) is 3.29. The third-order valence-corrected chi connectivity index (χ3v) is 5.66. The van der Waals surface area contributed by atoms with Crippen LogP contribution in [0.3, 0.4) is 0 Å². The molecule has 0 N–H and O–H groups in total. The second-order valence-corrected chi connectivity index (χ2v) is 6.94. The van der Waals surface area contributed by atoms with Crippen LogP contribution in [0.5, 0.6) is 11.5 Å². The Hall–Kier alpha value is -1.71. The lowest BCUT2D eigenvalue weighted by Crippen LogP contribution is -2.54. The molecule has 24 heavy (non-hydrogen) atoms. The fourth-order valence-corrected chi connectivity index (χ4v) is 3.53. The SMILES string of the molecule is CC[N+](C)(CC)C1Cc2cc(OC)cc(-c3ccccc3Cl)c2O1. The molecule has 1 aliphatic heterocycles. The number of rotatable bonds is 5. The molecular weight excluding hydrogens is 322 g/mol. The van der Waals surface area contributed by atoms with Crippen LogP contribution in [0.25, 0.3) is 11.1 Å². The van der Waals surface area contributed by atoms with E-state index in [0.29, 0.717) is 0 Å². The van der Waals surface area contributed by atoms with Gasteiger partial charge in [-0.15, -0.1) is 0 Å². The molecular formula is C20H25ClNO2+. The van der Waals surface area contributed by atoms with E-state index in [0.717, 1.165) is 51.6 Å². The van der Waals surface area contributed by atoms with Crippen LogP contribution in [0.4, 0.5) is 0 Å². The Balaban J connectivity index is 2.09. The first-order chi connectivity index (χ1) is 11.5. The Morgan fingerprint density at radius 1 is 1.17 bits per heavy atom. The molecule has 2 aromatic carbocycles. The van der Waals surface area contributed by atoms with Gasteiger partial charge >= 0.3 is 0 Å². The van der Waals surface area contributed by atoms with E-state index < -0.39 is 0 Å². The zero-order chi connectivity index (χ0) is 17.3. The highest BCUT2D eigenvalue weighted by Gasteiger charge is 2.38. The summed E-state index contributed by atoms with van der Waals surface area (Å²) in [5.74, 6) is 1.79. The van der Waals surface area contributed by atoms with Gasteiger partial charge in [-0.1, -0.05) is 29.8 Å². The van der Waals surface area contributed by atoms with Gasteiger partial charge in [0.1, 0.15) is 11.5 Å². The first-order valence-corrected chi connectivity index (χ1v) is 8.87. The van der Waals surface area contributed by atoms with Crippen molar-refractivity contribution < 1.29 is 14.0 Å². The van der Waals surface area contributed by atoms with E-state index in [1.54, 1.807) is 7.11 Å². The van der Waals surface area contributed by atoms with Gasteiger partial charge in [0.15, 0.2) is 0 Å². The summed E-state index contributed by atoms with van der Waals surface area (Å²) in [5, 5.41) is 0.725. The first-order valence-electron chi connectivity index (χ1n) is 8.49. The van der Waals surface area contributed by atoms with Gasteiger partial charge in [0.25, 0.3) is 0 Å². The molecule has 0 saturated heterocycles. The van der Waals surface area contributed by atoms with Crippen molar-refractivity contribution in [1.29, 1.82) is 0 Å². The monoisotopic (exact) mass is 346 g/mol. The number of ether oxygens (including phenoxy) is 2. The molecule has 1 unspecified atom stereocenters. The number of hydrogen-bond acceptors (Lipinski definition) is 2. The molecule has 0 fully saturated rings. The number of quaternary nitrogens is 1. The molecule has 1 heterocycles. The lowest BCUT2D eigenvalue weighted by Gasteiger charge is -2.36. The smallest absolute Gasteiger partial charge is 0.237 e. The second kappa shape index (κ2) is 6.66. The molecule has 4 heteroatoms. The van der Waals surface area contributed by atoms with Gasteiger partial charge in [-0.2, -0.15) is 0 Å². The summed E-state index contributed by atoms with van der Waals surface area (Å²) in [6.45, 7) is 6.50. The summed E-state index contributed by atoms with van der Waals surface area (Å²) >= 11 is 6.44. The molecule has 0 aliphatic carbocycles. The van der Waals surface area contributed by atoms with Gasteiger partial charge < -0.3 is 9.47 Å². The number of hydrogen-bond donors (Lipinski definition) is 0. The number of halogens is 1. The van der Waals surface area contributed by atoms with Crippen molar-refractivity contribution in [2.24, 2.45) is 0 Å². The van der Waals surface area contributed by atoms with E-state index in [4.69, 9.17) is 21.1 Å². The van der Waals surface area contributed by atoms with Crippen molar-refractivity contribution in [3.8, 4) is 22.6 Å². The Morgan fingerprint density at radius 2 is 1.88 bits per heavy atom. The lowest BCUT2D eigenvalue weighted by molar-refractivity contribution is -0.946. The summed E-state index contributed by atoms with van der Waals surface area (Å²) in [4.78, 5) is 0. The molecule has 3 nitrogen and oxygen atoms in total. The van der Waals surface area contributed by atoms with Crippen molar-refractivity contribution in [2.75, 3.05) is 27.2 Å². The van der Waals surface area contributed by atoms with Crippen LogP contribution in [-0.2, 0) is 6.42 Å². The van der Waals surface area contributed by atoms with Gasteiger partial charge in [0.2, 0.25) is 6.23 Å². The van der Waals surface area contributed by atoms with Crippen LogP contribution in [0.15, 0.2) is 36.4 Å². The maximum Gasteiger partial charge on any atom is 0.237 e. The first kappa shape index (κ1) is 17.1. The molecule has 2 aromatic rings. The second-order valence-electron chi connectivity index (χ2n) is 6.53. The quantitative estimate of drug-likeness (QED) is 0.726. The van der Waals surface area contributed by atoms with Crippen LogP contribution in [0, 0.1) is 0 Å². The van der Waals surface area contributed by atoms with Gasteiger partial charge in [-0.3, -0.25) is 4.48 Å². The van der Waals surface area contributed by atoms with E-state index in [1.807, 2.05) is 30.3 Å². The maximum atomic E-state index is 6.45. The Morgan fingerprint density at radius 3 is 2.50 bits per heavy atom. The molecule has 128 valence electrons. The Kier molecular flexibility index (Phi) is 4.75. The van der Waals surface area contributed by atoms with Gasteiger partial charge in [-0.05, 0) is 32.0 Å². The fraction of sp³-hybridized carbons (Fsp3) is 0.400. The molecule has 0 spiro atoms. The summed E-state index contributed by atoms with van der Waals surface area (Å²) in [7, 11) is 3.95. The molecule has 1 aliphatic rings. The zero-order valence-corrected chi connectivity index (χ0v) is 15.6. The predicted molar refractivity (Wildman–Crippen MR) is 98.8 cm³/mol. The summed E-state index contributed by atoms with van der Waals surface area (Å²) < 4.78 is 12.9. The van der Waals surface area contributed by atoms with Crippen molar-refractivity contribution >= 4 is 11.6 Å². The molecule has 1 atom stereocenters. The third-order valence-electron chi connectivity index (χ3n) is 5.33. The topological polar surface area (TPSA) is 18.5 Å². The highest BCUT2D eigenvalue weighted by atomic mass is 35.5. The molecule has 0 saturated carbocycles. The largest absolute Gasteiger partial charge is 0.497 e. The Labute approximate surface area is 149 Å². The van der Waals surface area contributed by atoms with E-state index >= 15 is 0 Å². The van der Waals surface area contributed by atoms with Crippen molar-refractivity contribution in [1.82, 2.24) is 0 Å². The summed E-state index contributed by atoms with van der Waals surface area (Å²) in [6.07, 6.45) is 1.02. The molecule has 3 rings (SSSR count). The molecule has 0 aromatic heterocycles. The van der Waals surface area contributed by atoms with E-state index in [2.05, 4.69) is 27.0 Å². The minimum Gasteiger partial charge on any atom is -0.497 e. The van der Waals surface area contributed by atoms with Crippen molar-refractivity contribution in [3.63, 3.8) is 0 Å². The number of nitrogens with zero attached hydrogens (tertiary/aromatic N) is 1. The highest BCUT2D eigenvalue weighted by Crippen LogP contribution is 2.45. The lowest BCUT2D eigenvalue weighted by atomic mass is 10.00. The number of methoxy groups -OCH3 is 1. The zero-order valence-electron chi connectivity index (χ0n) is 14.8. The third kappa shape index (κ3) is 2.87. The average molecular weight is 347 g/mol. The average Bonchev–Trinajstić information content (AvgIpc) is 3.05. The summed E-state index contributed by atoms with van der Waals surface area (Å²) in [5.41, 5.74) is 3.19. The van der Waals surface area contributed by atoms with Crippen LogP contribution < -0.4 is 9.47 Å². The number of benzene rings is 2. The predicted octanol–water partition coefficient (Wildman–Crippen LogP) is 4.76.